The lowest BCUT2D eigenvalue weighted by Crippen LogP contribution is -2.43. The van der Waals surface area contributed by atoms with E-state index in [1.807, 2.05) is 0 Å². The van der Waals surface area contributed by atoms with Gasteiger partial charge in [0.05, 0.1) is 31.5 Å². The van der Waals surface area contributed by atoms with Crippen LogP contribution < -0.4 is 9.74 Å². The van der Waals surface area contributed by atoms with Gasteiger partial charge in [0.15, 0.2) is 5.82 Å². The number of halogens is 2. The predicted molar refractivity (Wildman–Crippen MR) is 131 cm³/mol. The lowest BCUT2D eigenvalue weighted by molar-refractivity contribution is -0.165. The van der Waals surface area contributed by atoms with E-state index in [9.17, 15) is 19.2 Å². The van der Waals surface area contributed by atoms with Gasteiger partial charge in [0.25, 0.3) is 0 Å². The van der Waals surface area contributed by atoms with Crippen LogP contribution in [0.5, 0.6) is 0 Å². The van der Waals surface area contributed by atoms with Crippen LogP contribution in [0.4, 0.5) is 19.7 Å². The number of carbonyl (C=O) groups excluding carboxylic acids is 4. The smallest absolute Gasteiger partial charge is 0.419 e. The van der Waals surface area contributed by atoms with E-state index in [0.29, 0.717) is 17.1 Å². The van der Waals surface area contributed by atoms with Crippen molar-refractivity contribution in [2.24, 2.45) is 0 Å². The molecule has 0 aliphatic carbocycles. The number of amides is 3. The summed E-state index contributed by atoms with van der Waals surface area (Å²) in [4.78, 5) is 56.3. The van der Waals surface area contributed by atoms with Crippen LogP contribution in [0.15, 0.2) is 37.1 Å². The summed E-state index contributed by atoms with van der Waals surface area (Å²) in [5.74, 6) is -2.18. The van der Waals surface area contributed by atoms with Crippen LogP contribution in [0.1, 0.15) is 19.5 Å². The van der Waals surface area contributed by atoms with Crippen molar-refractivity contribution in [1.29, 1.82) is 0 Å². The van der Waals surface area contributed by atoms with E-state index < -0.39 is 42.3 Å². The van der Waals surface area contributed by atoms with Gasteiger partial charge >= 0.3 is 18.2 Å². The summed E-state index contributed by atoms with van der Waals surface area (Å²) in [7, 11) is 0. The maximum atomic E-state index is 15.0. The Balaban J connectivity index is 1.38. The molecule has 0 saturated carbocycles. The molecule has 0 bridgehead atoms. The molecule has 3 amide bonds. The number of imide groups is 1. The van der Waals surface area contributed by atoms with Crippen LogP contribution in [0.2, 0.25) is 0 Å². The highest BCUT2D eigenvalue weighted by Crippen LogP contribution is 2.26. The van der Waals surface area contributed by atoms with Gasteiger partial charge in [0.2, 0.25) is 12.2 Å². The number of esters is 1. The minimum absolute atomic E-state index is 0.0901. The topological polar surface area (TPSA) is 176 Å². The second-order valence-corrected chi connectivity index (χ2v) is 8.65. The van der Waals surface area contributed by atoms with E-state index in [2.05, 4.69) is 25.2 Å². The molecule has 1 fully saturated rings. The van der Waals surface area contributed by atoms with Crippen molar-refractivity contribution < 1.29 is 37.8 Å². The van der Waals surface area contributed by atoms with Crippen molar-refractivity contribution in [3.63, 3.8) is 0 Å². The summed E-state index contributed by atoms with van der Waals surface area (Å²) in [5.41, 5.74) is 0.794. The summed E-state index contributed by atoms with van der Waals surface area (Å²) in [6, 6.07) is 4.03. The summed E-state index contributed by atoms with van der Waals surface area (Å²) < 4.78 is 32.9. The van der Waals surface area contributed by atoms with Gasteiger partial charge in [-0.3, -0.25) is 14.5 Å². The van der Waals surface area contributed by atoms with E-state index in [4.69, 9.17) is 26.0 Å². The molecule has 40 heavy (non-hydrogen) atoms. The molecule has 1 unspecified atom stereocenters. The number of nitrogens with zero attached hydrogens (tertiary/aromatic N) is 8. The molecule has 2 atom stereocenters. The van der Waals surface area contributed by atoms with Gasteiger partial charge in [0.1, 0.15) is 36.7 Å². The van der Waals surface area contributed by atoms with E-state index in [1.54, 1.807) is 0 Å². The van der Waals surface area contributed by atoms with Crippen molar-refractivity contribution in [3.05, 3.63) is 48.6 Å². The van der Waals surface area contributed by atoms with Crippen molar-refractivity contribution in [2.45, 2.75) is 32.8 Å². The molecular formula is C22H23ClFN9O7. The van der Waals surface area contributed by atoms with Gasteiger partial charge in [-0.05, 0) is 30.0 Å². The Morgan fingerprint density at radius 3 is 2.80 bits per heavy atom. The van der Waals surface area contributed by atoms with Gasteiger partial charge in [-0.25, -0.2) is 38.1 Å². The van der Waals surface area contributed by atoms with Gasteiger partial charge in [-0.1, -0.05) is 5.21 Å². The number of hydrogen-bond donors (Lipinski definition) is 1. The van der Waals surface area contributed by atoms with Crippen LogP contribution in [-0.2, 0) is 30.3 Å². The molecule has 1 N–H and O–H groups in total. The Morgan fingerprint density at radius 2 is 2.12 bits per heavy atom. The molecule has 1 aliphatic rings. The third-order valence-corrected chi connectivity index (χ3v) is 5.59. The molecule has 3 aromatic rings. The first-order valence-electron chi connectivity index (χ1n) is 11.7. The SMILES string of the molecule is CC(=O)N(C[C@H]1CN(c2ccc(-n3cc(Cn4cncn4)nn3)c(F)c2)C(=O)O1)C(=O)OC(C)OC(=O)CNCl. The number of benzene rings is 1. The number of hydrogen-bond acceptors (Lipinski definition) is 12. The first-order valence-corrected chi connectivity index (χ1v) is 12.1. The Kier molecular flexibility index (Phi) is 8.85. The fraction of sp³-hybridized carbons (Fsp3) is 0.364. The summed E-state index contributed by atoms with van der Waals surface area (Å²) >= 11 is 5.22. The van der Waals surface area contributed by atoms with Crippen molar-refractivity contribution in [2.75, 3.05) is 24.5 Å². The van der Waals surface area contributed by atoms with Crippen molar-refractivity contribution >= 4 is 41.5 Å². The molecule has 0 radical (unpaired) electrons. The minimum Gasteiger partial charge on any atom is -0.442 e. The van der Waals surface area contributed by atoms with Crippen LogP contribution in [0.3, 0.4) is 0 Å². The number of rotatable bonds is 10. The zero-order valence-electron chi connectivity index (χ0n) is 21.1. The first-order chi connectivity index (χ1) is 19.1. The zero-order chi connectivity index (χ0) is 28.8. The van der Waals surface area contributed by atoms with Crippen LogP contribution in [0, 0.1) is 5.82 Å². The third kappa shape index (κ3) is 6.86. The number of carbonyl (C=O) groups is 4. The molecule has 18 heteroatoms. The highest BCUT2D eigenvalue weighted by molar-refractivity contribution is 6.14. The van der Waals surface area contributed by atoms with Crippen molar-refractivity contribution in [1.82, 2.24) is 39.5 Å². The number of cyclic esters (lactones) is 1. The van der Waals surface area contributed by atoms with E-state index in [0.717, 1.165) is 17.9 Å². The molecule has 1 aromatic carbocycles. The van der Waals surface area contributed by atoms with E-state index in [1.165, 1.54) is 47.3 Å². The quantitative estimate of drug-likeness (QED) is 0.205. The Hall–Kier alpha value is -4.64. The molecule has 0 spiro atoms. The average Bonchev–Trinajstić information content (AvgIpc) is 3.64. The minimum atomic E-state index is -1.32. The molecule has 3 heterocycles. The lowest BCUT2D eigenvalue weighted by Gasteiger charge is -2.23. The second kappa shape index (κ2) is 12.5. The highest BCUT2D eigenvalue weighted by Gasteiger charge is 2.36. The maximum absolute atomic E-state index is 15.0. The number of ether oxygens (including phenoxy) is 3. The molecule has 1 saturated heterocycles. The fourth-order valence-corrected chi connectivity index (χ4v) is 3.80. The second-order valence-electron chi connectivity index (χ2n) is 8.38. The zero-order valence-corrected chi connectivity index (χ0v) is 21.9. The summed E-state index contributed by atoms with van der Waals surface area (Å²) in [5, 5.41) is 11.9. The number of anilines is 1. The fourth-order valence-electron chi connectivity index (χ4n) is 3.69. The molecule has 4 rings (SSSR count). The third-order valence-electron chi connectivity index (χ3n) is 5.46. The number of nitrogens with one attached hydrogen (secondary N) is 1. The van der Waals surface area contributed by atoms with Gasteiger partial charge < -0.3 is 14.2 Å². The van der Waals surface area contributed by atoms with Crippen LogP contribution >= 0.6 is 11.8 Å². The van der Waals surface area contributed by atoms with Crippen LogP contribution in [0.25, 0.3) is 5.69 Å². The van der Waals surface area contributed by atoms with Gasteiger partial charge in [-0.2, -0.15) is 5.10 Å². The largest absolute Gasteiger partial charge is 0.442 e. The first kappa shape index (κ1) is 28.4. The van der Waals surface area contributed by atoms with Gasteiger partial charge in [-0.15, -0.1) is 5.10 Å². The predicted octanol–water partition coefficient (Wildman–Crippen LogP) is 0.989. The van der Waals surface area contributed by atoms with Gasteiger partial charge in [0, 0.05) is 13.8 Å². The number of aromatic nitrogens is 6. The summed E-state index contributed by atoms with van der Waals surface area (Å²) in [6.07, 6.45) is 0.233. The molecule has 1 aliphatic heterocycles. The standard InChI is InChI=1S/C22H23ClFN9O7/c1-13(34)31(21(36)39-14(2)38-20(35)6-26-23)9-17-10-32(22(37)40-17)16-3-4-19(18(24)5-16)33-8-15(28-29-33)7-30-12-25-11-27-30/h3-5,8,11-12,14,17,26H,6-7,9-10H2,1-2H3/t14?,17-/m0/s1. The van der Waals surface area contributed by atoms with E-state index >= 15 is 4.39 Å². The molecular weight excluding hydrogens is 557 g/mol. The van der Waals surface area contributed by atoms with Crippen LogP contribution in [-0.4, -0.2) is 90.7 Å². The lowest BCUT2D eigenvalue weighted by atomic mass is 10.2. The highest BCUT2D eigenvalue weighted by atomic mass is 35.5. The average molecular weight is 580 g/mol. The monoisotopic (exact) mass is 579 g/mol. The summed E-state index contributed by atoms with van der Waals surface area (Å²) in [6.45, 7) is 1.90. The molecule has 2 aromatic heterocycles. The maximum Gasteiger partial charge on any atom is 0.419 e. The molecule has 212 valence electrons. The Bertz CT molecular complexity index is 1390. The van der Waals surface area contributed by atoms with E-state index in [-0.39, 0.29) is 31.0 Å². The Morgan fingerprint density at radius 1 is 1.32 bits per heavy atom. The molecule has 16 nitrogen and oxygen atoms in total. The Labute approximate surface area is 230 Å². The normalized spacial score (nSPS) is 15.4. The van der Waals surface area contributed by atoms with Crippen molar-refractivity contribution in [3.8, 4) is 5.69 Å².